The van der Waals surface area contributed by atoms with E-state index in [1.807, 2.05) is 6.92 Å². The summed E-state index contributed by atoms with van der Waals surface area (Å²) in [5, 5.41) is 8.08. The number of fused-ring (bicyclic) bond motifs is 3. The molecule has 0 radical (unpaired) electrons. The number of rotatable bonds is 10. The molecule has 5 rings (SSSR count). The van der Waals surface area contributed by atoms with Crippen molar-refractivity contribution >= 4 is 41.3 Å². The quantitative estimate of drug-likeness (QED) is 0.183. The summed E-state index contributed by atoms with van der Waals surface area (Å²) in [7, 11) is 0. The third-order valence-electron chi connectivity index (χ3n) is 11.8. The highest BCUT2D eigenvalue weighted by Gasteiger charge is 2.48. The number of hydrogen-bond acceptors (Lipinski definition) is 8. The van der Waals surface area contributed by atoms with Crippen LogP contribution in [-0.4, -0.2) is 100 Å². The summed E-state index contributed by atoms with van der Waals surface area (Å²) in [5.41, 5.74) is 0.0692. The Morgan fingerprint density at radius 3 is 2.32 bits per heavy atom. The molecule has 1 aliphatic carbocycles. The number of hydrogen-bond donors (Lipinski definition) is 3. The van der Waals surface area contributed by atoms with Crippen molar-refractivity contribution in [1.82, 2.24) is 25.8 Å². The standard InChI is InChI=1S/C42H57F2N5O8/c1-5-6-7-8-9-15-35(50)46-32(22-27-20-28(43)23-29(44)21-27)38(52)47-36-26(4)57-42(56)33-14-11-17-48(33)40(54)25(3)45-39(53)34-19-24(2)16-18-49(34)41(55)31-13-10-12-30(31)37(36)51/h9,15,20-21,23-26,30-34,36H,5-8,10-14,16-19,22H2,1-4H3,(H,45,53)(H,46,50)(H,47,52)/b15-9+/t24-,25-,26-,30?,31+,32-,33-,34-,36-/m0/s1. The average molecular weight is 798 g/mol. The smallest absolute Gasteiger partial charge is 0.329 e. The molecule has 3 heterocycles. The Hall–Kier alpha value is -4.69. The Balaban J connectivity index is 1.49. The third kappa shape index (κ3) is 10.8. The first-order valence-electron chi connectivity index (χ1n) is 20.6. The van der Waals surface area contributed by atoms with Crippen molar-refractivity contribution < 1.29 is 47.1 Å². The van der Waals surface area contributed by atoms with Gasteiger partial charge in [0.2, 0.25) is 29.5 Å². The molecule has 13 nitrogen and oxygen atoms in total. The summed E-state index contributed by atoms with van der Waals surface area (Å²) >= 11 is 0. The molecule has 1 aromatic rings. The maximum absolute atomic E-state index is 14.7. The third-order valence-corrected chi connectivity index (χ3v) is 11.8. The Morgan fingerprint density at radius 1 is 0.895 bits per heavy atom. The van der Waals surface area contributed by atoms with Gasteiger partial charge in [0.25, 0.3) is 0 Å². The second-order valence-corrected chi connectivity index (χ2v) is 16.2. The van der Waals surface area contributed by atoms with Crippen molar-refractivity contribution in [2.45, 2.75) is 141 Å². The second-order valence-electron chi connectivity index (χ2n) is 16.2. The van der Waals surface area contributed by atoms with Crippen molar-refractivity contribution in [3.8, 4) is 0 Å². The molecule has 0 aromatic heterocycles. The van der Waals surface area contributed by atoms with Gasteiger partial charge in [-0.2, -0.15) is 0 Å². The van der Waals surface area contributed by atoms with E-state index in [4.69, 9.17) is 4.74 Å². The summed E-state index contributed by atoms with van der Waals surface area (Å²) in [6, 6.07) is -3.04. The molecular weight excluding hydrogens is 740 g/mol. The van der Waals surface area contributed by atoms with E-state index >= 15 is 0 Å². The maximum atomic E-state index is 14.7. The number of piperidine rings is 1. The lowest BCUT2D eigenvalue weighted by Gasteiger charge is -2.40. The van der Waals surface area contributed by atoms with Crippen molar-refractivity contribution in [2.75, 3.05) is 13.1 Å². The van der Waals surface area contributed by atoms with Gasteiger partial charge in [0.15, 0.2) is 5.78 Å². The van der Waals surface area contributed by atoms with Gasteiger partial charge in [-0.05, 0) is 94.9 Å². The number of carbonyl (C=O) groups is 7. The molecule has 4 aliphatic rings. The molecule has 1 saturated carbocycles. The van der Waals surface area contributed by atoms with Crippen LogP contribution in [0.2, 0.25) is 0 Å². The van der Waals surface area contributed by atoms with Crippen molar-refractivity contribution in [2.24, 2.45) is 17.8 Å². The minimum absolute atomic E-state index is 0.0692. The predicted octanol–water partition coefficient (Wildman–Crippen LogP) is 3.67. The fraction of sp³-hybridized carbons (Fsp3) is 0.643. The number of benzene rings is 1. The first-order chi connectivity index (χ1) is 27.2. The Morgan fingerprint density at radius 2 is 1.60 bits per heavy atom. The molecule has 4 fully saturated rings. The van der Waals surface area contributed by atoms with Crippen LogP contribution in [0.5, 0.6) is 0 Å². The van der Waals surface area contributed by atoms with E-state index in [1.54, 1.807) is 6.08 Å². The molecule has 3 saturated heterocycles. The van der Waals surface area contributed by atoms with Crippen LogP contribution in [0, 0.1) is 29.4 Å². The molecule has 15 heteroatoms. The van der Waals surface area contributed by atoms with Gasteiger partial charge in [-0.1, -0.05) is 39.2 Å². The number of Topliss-reactive ketones (excluding diaryl/α,β-unsaturated/α-hetero) is 1. The average Bonchev–Trinajstić information content (AvgIpc) is 3.86. The number of cyclic esters (lactones) is 1. The lowest BCUT2D eigenvalue weighted by atomic mass is 9.84. The second kappa shape index (κ2) is 19.6. The molecule has 3 aliphatic heterocycles. The highest BCUT2D eigenvalue weighted by atomic mass is 19.1. The van der Waals surface area contributed by atoms with Gasteiger partial charge >= 0.3 is 5.97 Å². The number of ether oxygens (including phenoxy) is 1. The zero-order valence-corrected chi connectivity index (χ0v) is 33.4. The monoisotopic (exact) mass is 797 g/mol. The van der Waals surface area contributed by atoms with Gasteiger partial charge in [-0.3, -0.25) is 28.8 Å². The summed E-state index contributed by atoms with van der Waals surface area (Å²) in [6.45, 7) is 7.54. The number of amides is 5. The van der Waals surface area contributed by atoms with Crippen LogP contribution in [0.25, 0.3) is 0 Å². The molecule has 57 heavy (non-hydrogen) atoms. The molecule has 0 bridgehead atoms. The number of nitrogens with one attached hydrogen (secondary N) is 3. The van der Waals surface area contributed by atoms with E-state index in [1.165, 1.54) is 29.7 Å². The highest BCUT2D eigenvalue weighted by Crippen LogP contribution is 2.37. The number of esters is 1. The van der Waals surface area contributed by atoms with E-state index < -0.39 is 95.2 Å². The summed E-state index contributed by atoms with van der Waals surface area (Å²) in [5.74, 6) is -7.60. The molecular formula is C42H57F2N5O8. The van der Waals surface area contributed by atoms with Gasteiger partial charge in [0, 0.05) is 37.4 Å². The minimum atomic E-state index is -1.51. The van der Waals surface area contributed by atoms with E-state index in [0.29, 0.717) is 51.0 Å². The molecule has 9 atom stereocenters. The molecule has 1 aromatic carbocycles. The number of halogens is 2. The molecule has 3 N–H and O–H groups in total. The SMILES string of the molecule is CCCCC/C=C/C(=O)N[C@@H](Cc1cc(F)cc(F)c1)C(=O)N[C@@H]1C(=O)C2CCC[C@H]2C(=O)N2CC[C@H](C)C[C@H]2C(=O)N[C@@H](C)C(=O)N2CCC[C@H]2C(=O)O[C@H]1C. The summed E-state index contributed by atoms with van der Waals surface area (Å²) in [6.07, 6.45) is 7.69. The van der Waals surface area contributed by atoms with Crippen LogP contribution in [0.3, 0.4) is 0 Å². The van der Waals surface area contributed by atoms with Crippen LogP contribution in [0.4, 0.5) is 8.78 Å². The number of carbonyl (C=O) groups excluding carboxylic acids is 7. The highest BCUT2D eigenvalue weighted by molar-refractivity contribution is 5.99. The van der Waals surface area contributed by atoms with Gasteiger partial charge in [0.1, 0.15) is 47.9 Å². The number of nitrogens with zero attached hydrogens (tertiary/aromatic N) is 2. The van der Waals surface area contributed by atoms with Crippen LogP contribution < -0.4 is 16.0 Å². The van der Waals surface area contributed by atoms with Crippen LogP contribution in [0.15, 0.2) is 30.4 Å². The Bertz CT molecular complexity index is 1700. The van der Waals surface area contributed by atoms with Crippen molar-refractivity contribution in [1.29, 1.82) is 0 Å². The summed E-state index contributed by atoms with van der Waals surface area (Å²) in [4.78, 5) is 101. The molecule has 0 spiro atoms. The topological polar surface area (TPSA) is 171 Å². The Kier molecular flexibility index (Phi) is 15.0. The minimum Gasteiger partial charge on any atom is -0.458 e. The first-order valence-corrected chi connectivity index (χ1v) is 20.6. The van der Waals surface area contributed by atoms with Crippen LogP contribution >= 0.6 is 0 Å². The van der Waals surface area contributed by atoms with Crippen molar-refractivity contribution in [3.63, 3.8) is 0 Å². The lowest BCUT2D eigenvalue weighted by Crippen LogP contribution is -2.60. The summed E-state index contributed by atoms with van der Waals surface area (Å²) < 4.78 is 34.4. The normalized spacial score (nSPS) is 29.3. The largest absolute Gasteiger partial charge is 0.458 e. The van der Waals surface area contributed by atoms with Gasteiger partial charge < -0.3 is 30.5 Å². The molecule has 5 amide bonds. The van der Waals surface area contributed by atoms with Gasteiger partial charge in [-0.25, -0.2) is 13.6 Å². The van der Waals surface area contributed by atoms with E-state index in [-0.39, 0.29) is 43.3 Å². The lowest BCUT2D eigenvalue weighted by molar-refractivity contribution is -0.161. The first kappa shape index (κ1) is 43.4. The van der Waals surface area contributed by atoms with E-state index in [2.05, 4.69) is 22.9 Å². The molecule has 312 valence electrons. The van der Waals surface area contributed by atoms with Gasteiger partial charge in [-0.15, -0.1) is 0 Å². The number of unbranched alkanes of at least 4 members (excludes halogenated alkanes) is 3. The number of ketones is 1. The van der Waals surface area contributed by atoms with E-state index in [0.717, 1.165) is 31.4 Å². The Labute approximate surface area is 333 Å². The van der Waals surface area contributed by atoms with Crippen LogP contribution in [0.1, 0.15) is 104 Å². The number of allylic oxidation sites excluding steroid dienone is 1. The maximum Gasteiger partial charge on any atom is 0.329 e. The fourth-order valence-electron chi connectivity index (χ4n) is 8.69. The fourth-order valence-corrected chi connectivity index (χ4v) is 8.69. The van der Waals surface area contributed by atoms with Gasteiger partial charge in [0.05, 0.1) is 0 Å². The molecule has 1 unspecified atom stereocenters. The predicted molar refractivity (Wildman–Crippen MR) is 205 cm³/mol. The zero-order valence-electron chi connectivity index (χ0n) is 33.4. The van der Waals surface area contributed by atoms with Crippen LogP contribution in [-0.2, 0) is 44.7 Å². The zero-order chi connectivity index (χ0) is 41.4. The van der Waals surface area contributed by atoms with E-state index in [9.17, 15) is 42.3 Å². The van der Waals surface area contributed by atoms with Crippen molar-refractivity contribution in [3.05, 3.63) is 47.5 Å².